The minimum absolute atomic E-state index is 0.0365. The van der Waals surface area contributed by atoms with Gasteiger partial charge in [-0.25, -0.2) is 0 Å². The third-order valence-corrected chi connectivity index (χ3v) is 3.86. The van der Waals surface area contributed by atoms with E-state index in [9.17, 15) is 9.59 Å². The lowest BCUT2D eigenvalue weighted by molar-refractivity contribution is -0.149. The molecule has 136 valence electrons. The monoisotopic (exact) mass is 327 g/mol. The smallest absolute Gasteiger partial charge is 0.325 e. The Labute approximate surface area is 143 Å². The van der Waals surface area contributed by atoms with Crippen molar-refractivity contribution in [3.8, 4) is 0 Å². The Kier molecular flexibility index (Phi) is 13.9. The van der Waals surface area contributed by atoms with E-state index in [1.165, 1.54) is 49.8 Å². The van der Waals surface area contributed by atoms with Gasteiger partial charge in [0, 0.05) is 13.5 Å². The highest BCUT2D eigenvalue weighted by Gasteiger charge is 2.13. The van der Waals surface area contributed by atoms with E-state index in [2.05, 4.69) is 6.92 Å². The van der Waals surface area contributed by atoms with Crippen molar-refractivity contribution in [1.82, 2.24) is 4.90 Å². The summed E-state index contributed by atoms with van der Waals surface area (Å²) in [6.07, 6.45) is 11.7. The number of unbranched alkanes of at least 4 members (excludes halogenated alkanes) is 8. The quantitative estimate of drug-likeness (QED) is 0.347. The molecule has 23 heavy (non-hydrogen) atoms. The van der Waals surface area contributed by atoms with Crippen LogP contribution in [0.15, 0.2) is 0 Å². The van der Waals surface area contributed by atoms with Crippen LogP contribution in [0.3, 0.4) is 0 Å². The summed E-state index contributed by atoms with van der Waals surface area (Å²) in [5.74, 6) is 0.0398. The Hall–Kier alpha value is -1.06. The number of esters is 1. The van der Waals surface area contributed by atoms with E-state index in [1.807, 2.05) is 13.8 Å². The summed E-state index contributed by atoms with van der Waals surface area (Å²) in [4.78, 5) is 25.0. The summed E-state index contributed by atoms with van der Waals surface area (Å²) in [6, 6.07) is 0. The fraction of sp³-hybridized carbons (Fsp3) is 0.895. The van der Waals surface area contributed by atoms with E-state index in [-0.39, 0.29) is 18.4 Å². The lowest BCUT2D eigenvalue weighted by Gasteiger charge is -2.16. The van der Waals surface area contributed by atoms with Crippen LogP contribution in [0.5, 0.6) is 0 Å². The number of carbonyl (C=O) groups excluding carboxylic acids is 2. The van der Waals surface area contributed by atoms with E-state index in [0.717, 1.165) is 12.8 Å². The van der Waals surface area contributed by atoms with E-state index in [4.69, 9.17) is 4.74 Å². The molecule has 0 aliphatic heterocycles. The van der Waals surface area contributed by atoms with Gasteiger partial charge in [0.2, 0.25) is 5.91 Å². The average molecular weight is 328 g/mol. The highest BCUT2D eigenvalue weighted by Crippen LogP contribution is 2.11. The van der Waals surface area contributed by atoms with Crippen molar-refractivity contribution >= 4 is 11.9 Å². The van der Waals surface area contributed by atoms with Crippen LogP contribution in [0.1, 0.15) is 85.0 Å². The maximum atomic E-state index is 11.9. The second-order valence-corrected chi connectivity index (χ2v) is 6.91. The zero-order chi connectivity index (χ0) is 17.5. The summed E-state index contributed by atoms with van der Waals surface area (Å²) >= 11 is 0. The molecule has 0 radical (unpaired) electrons. The molecule has 0 aliphatic rings. The first-order valence-electron chi connectivity index (χ1n) is 9.37. The number of hydrogen-bond donors (Lipinski definition) is 0. The normalized spacial score (nSPS) is 10.8. The molecular weight excluding hydrogens is 290 g/mol. The molecule has 0 spiro atoms. The molecule has 4 nitrogen and oxygen atoms in total. The topological polar surface area (TPSA) is 46.6 Å². The molecule has 0 bridgehead atoms. The van der Waals surface area contributed by atoms with Crippen LogP contribution in [0.4, 0.5) is 0 Å². The summed E-state index contributed by atoms with van der Waals surface area (Å²) in [7, 11) is 1.67. The Morgan fingerprint density at radius 3 is 1.96 bits per heavy atom. The fourth-order valence-electron chi connectivity index (χ4n) is 2.36. The van der Waals surface area contributed by atoms with Gasteiger partial charge in [-0.3, -0.25) is 9.59 Å². The van der Waals surface area contributed by atoms with E-state index >= 15 is 0 Å². The van der Waals surface area contributed by atoms with Gasteiger partial charge < -0.3 is 9.64 Å². The first kappa shape index (κ1) is 21.9. The van der Waals surface area contributed by atoms with Crippen LogP contribution in [-0.2, 0) is 14.3 Å². The SMILES string of the molecule is CCCCCCCCCCCC(=O)N(C)CC(=O)OCC(C)C. The molecule has 0 fully saturated rings. The molecule has 0 aliphatic carbocycles. The molecule has 0 aromatic carbocycles. The highest BCUT2D eigenvalue weighted by atomic mass is 16.5. The largest absolute Gasteiger partial charge is 0.464 e. The van der Waals surface area contributed by atoms with E-state index in [0.29, 0.717) is 18.9 Å². The zero-order valence-corrected chi connectivity index (χ0v) is 15.7. The van der Waals surface area contributed by atoms with Gasteiger partial charge in [-0.2, -0.15) is 0 Å². The van der Waals surface area contributed by atoms with Gasteiger partial charge in [0.05, 0.1) is 6.61 Å². The lowest BCUT2D eigenvalue weighted by Crippen LogP contribution is -2.33. The van der Waals surface area contributed by atoms with Gasteiger partial charge in [0.15, 0.2) is 0 Å². The number of ether oxygens (including phenoxy) is 1. The van der Waals surface area contributed by atoms with E-state index in [1.54, 1.807) is 7.05 Å². The number of carbonyl (C=O) groups is 2. The molecule has 0 N–H and O–H groups in total. The number of nitrogens with zero attached hydrogens (tertiary/aromatic N) is 1. The van der Waals surface area contributed by atoms with Gasteiger partial charge in [0.1, 0.15) is 6.54 Å². The molecule has 0 saturated carbocycles. The van der Waals surface area contributed by atoms with Crippen molar-refractivity contribution in [1.29, 1.82) is 0 Å². The zero-order valence-electron chi connectivity index (χ0n) is 15.7. The van der Waals surface area contributed by atoms with Crippen LogP contribution < -0.4 is 0 Å². The molecule has 0 saturated heterocycles. The van der Waals surface area contributed by atoms with Crippen LogP contribution in [0, 0.1) is 5.92 Å². The van der Waals surface area contributed by atoms with E-state index < -0.39 is 0 Å². The number of likely N-dealkylation sites (N-methyl/N-ethyl adjacent to an activating group) is 1. The summed E-state index contributed by atoms with van der Waals surface area (Å²) in [5.41, 5.74) is 0. The first-order chi connectivity index (χ1) is 11.0. The number of amides is 1. The van der Waals surface area contributed by atoms with Crippen molar-refractivity contribution in [3.63, 3.8) is 0 Å². The summed E-state index contributed by atoms with van der Waals surface area (Å²) in [6.45, 7) is 6.69. The van der Waals surface area contributed by atoms with Crippen molar-refractivity contribution < 1.29 is 14.3 Å². The summed E-state index contributed by atoms with van der Waals surface area (Å²) < 4.78 is 5.09. The molecular formula is C19H37NO3. The molecule has 4 heteroatoms. The average Bonchev–Trinajstić information content (AvgIpc) is 2.51. The van der Waals surface area contributed by atoms with Crippen molar-refractivity contribution in [3.05, 3.63) is 0 Å². The summed E-state index contributed by atoms with van der Waals surface area (Å²) in [5, 5.41) is 0. The van der Waals surface area contributed by atoms with Gasteiger partial charge in [-0.15, -0.1) is 0 Å². The molecule has 1 amide bonds. The lowest BCUT2D eigenvalue weighted by atomic mass is 10.1. The third kappa shape index (κ3) is 14.3. The molecule has 0 unspecified atom stereocenters. The van der Waals surface area contributed by atoms with Crippen LogP contribution >= 0.6 is 0 Å². The van der Waals surface area contributed by atoms with Crippen LogP contribution in [-0.4, -0.2) is 37.0 Å². The predicted molar refractivity (Wildman–Crippen MR) is 95.3 cm³/mol. The Morgan fingerprint density at radius 2 is 1.43 bits per heavy atom. The Bertz CT molecular complexity index is 316. The predicted octanol–water partition coefficient (Wildman–Crippen LogP) is 4.56. The van der Waals surface area contributed by atoms with Crippen LogP contribution in [0.2, 0.25) is 0 Å². The third-order valence-electron chi connectivity index (χ3n) is 3.86. The van der Waals surface area contributed by atoms with Gasteiger partial charge in [-0.05, 0) is 12.3 Å². The molecule has 0 atom stereocenters. The minimum atomic E-state index is -0.318. The Balaban J connectivity index is 3.55. The fourth-order valence-corrected chi connectivity index (χ4v) is 2.36. The first-order valence-corrected chi connectivity index (χ1v) is 9.37. The molecule has 0 rings (SSSR count). The van der Waals surface area contributed by atoms with Crippen molar-refractivity contribution in [2.45, 2.75) is 85.0 Å². The second-order valence-electron chi connectivity index (χ2n) is 6.91. The molecule has 0 heterocycles. The number of rotatable bonds is 14. The molecule has 0 aromatic heterocycles. The van der Waals surface area contributed by atoms with Crippen molar-refractivity contribution in [2.75, 3.05) is 20.2 Å². The minimum Gasteiger partial charge on any atom is -0.464 e. The highest BCUT2D eigenvalue weighted by molar-refractivity contribution is 5.81. The maximum absolute atomic E-state index is 11.9. The van der Waals surface area contributed by atoms with Crippen LogP contribution in [0.25, 0.3) is 0 Å². The Morgan fingerprint density at radius 1 is 0.913 bits per heavy atom. The van der Waals surface area contributed by atoms with Gasteiger partial charge in [0.25, 0.3) is 0 Å². The molecule has 0 aromatic rings. The maximum Gasteiger partial charge on any atom is 0.325 e. The van der Waals surface area contributed by atoms with Crippen molar-refractivity contribution in [2.24, 2.45) is 5.92 Å². The second kappa shape index (κ2) is 14.5. The van der Waals surface area contributed by atoms with Gasteiger partial charge >= 0.3 is 5.97 Å². The van der Waals surface area contributed by atoms with Gasteiger partial charge in [-0.1, -0.05) is 72.1 Å². The standard InChI is InChI=1S/C19H37NO3/c1-5-6-7-8-9-10-11-12-13-14-18(21)20(4)15-19(22)23-16-17(2)3/h17H,5-16H2,1-4H3. The number of hydrogen-bond acceptors (Lipinski definition) is 3.